The van der Waals surface area contributed by atoms with Crippen LogP contribution >= 0.6 is 0 Å². The fraction of sp³-hybridized carbons (Fsp3) is 0.533. The van der Waals surface area contributed by atoms with Crippen molar-refractivity contribution in [3.63, 3.8) is 0 Å². The van der Waals surface area contributed by atoms with Gasteiger partial charge in [0.05, 0.1) is 32.0 Å². The first-order chi connectivity index (χ1) is 11.6. The lowest BCUT2D eigenvalue weighted by Crippen LogP contribution is -2.40. The van der Waals surface area contributed by atoms with Crippen LogP contribution in [-0.2, 0) is 0 Å². The first-order valence-electron chi connectivity index (χ1n) is 7.57. The molecule has 0 spiro atoms. The quantitative estimate of drug-likeness (QED) is 0.384. The van der Waals surface area contributed by atoms with E-state index in [0.29, 0.717) is 0 Å². The van der Waals surface area contributed by atoms with Crippen LogP contribution in [0.3, 0.4) is 0 Å². The molecule has 9 heteroatoms. The van der Waals surface area contributed by atoms with Crippen molar-refractivity contribution in [1.82, 2.24) is 14.8 Å². The third-order valence-electron chi connectivity index (χ3n) is 3.29. The Morgan fingerprint density at radius 3 is 1.75 bits per heavy atom. The van der Waals surface area contributed by atoms with Gasteiger partial charge in [-0.2, -0.15) is 0 Å². The van der Waals surface area contributed by atoms with Crippen LogP contribution in [0.5, 0.6) is 0 Å². The summed E-state index contributed by atoms with van der Waals surface area (Å²) in [5.74, 6) is -1.13. The molecular formula is C15H23N3O6. The molecule has 1 rings (SSSR count). The topological polar surface area (TPSA) is 134 Å². The van der Waals surface area contributed by atoms with Gasteiger partial charge >= 0.3 is 0 Å². The molecule has 0 aromatic carbocycles. The molecule has 0 saturated heterocycles. The average molecular weight is 341 g/mol. The Labute approximate surface area is 139 Å². The van der Waals surface area contributed by atoms with Crippen LogP contribution in [0.25, 0.3) is 0 Å². The van der Waals surface area contributed by atoms with Crippen LogP contribution < -0.4 is 0 Å². The molecule has 9 nitrogen and oxygen atoms in total. The number of rotatable bonds is 10. The molecule has 0 fully saturated rings. The Morgan fingerprint density at radius 2 is 1.29 bits per heavy atom. The molecule has 24 heavy (non-hydrogen) atoms. The standard InChI is InChI=1S/C15H23N3O6/c19-8-4-17(5-9-20)14(23)12-2-1-3-16-13(12)15(24)18(6-10-21)7-11-22/h1-3,19-22H,4-11H2. The normalized spacial score (nSPS) is 10.5. The van der Waals surface area contributed by atoms with E-state index in [1.165, 1.54) is 28.1 Å². The predicted molar refractivity (Wildman–Crippen MR) is 84.4 cm³/mol. The van der Waals surface area contributed by atoms with Crippen LogP contribution in [0.2, 0.25) is 0 Å². The summed E-state index contributed by atoms with van der Waals surface area (Å²) < 4.78 is 0. The number of nitrogens with zero attached hydrogens (tertiary/aromatic N) is 3. The van der Waals surface area contributed by atoms with Gasteiger partial charge in [0.1, 0.15) is 5.69 Å². The molecule has 0 aliphatic rings. The van der Waals surface area contributed by atoms with E-state index in [-0.39, 0.29) is 63.9 Å². The summed E-state index contributed by atoms with van der Waals surface area (Å²) in [5.41, 5.74) is -0.0736. The molecule has 1 aromatic heterocycles. The molecule has 0 atom stereocenters. The summed E-state index contributed by atoms with van der Waals surface area (Å²) in [5, 5.41) is 36.2. The molecule has 0 unspecified atom stereocenters. The Morgan fingerprint density at radius 1 is 0.833 bits per heavy atom. The van der Waals surface area contributed by atoms with E-state index in [2.05, 4.69) is 4.98 Å². The van der Waals surface area contributed by atoms with Crippen molar-refractivity contribution in [3.8, 4) is 0 Å². The highest BCUT2D eigenvalue weighted by Gasteiger charge is 2.25. The monoisotopic (exact) mass is 341 g/mol. The average Bonchev–Trinajstić information content (AvgIpc) is 2.60. The highest BCUT2D eigenvalue weighted by Crippen LogP contribution is 2.12. The molecule has 0 aliphatic carbocycles. The molecule has 0 saturated carbocycles. The van der Waals surface area contributed by atoms with E-state index >= 15 is 0 Å². The Kier molecular flexibility index (Phi) is 8.87. The van der Waals surface area contributed by atoms with Crippen molar-refractivity contribution in [2.24, 2.45) is 0 Å². The van der Waals surface area contributed by atoms with Crippen molar-refractivity contribution in [2.75, 3.05) is 52.6 Å². The highest BCUT2D eigenvalue weighted by atomic mass is 16.3. The van der Waals surface area contributed by atoms with E-state index in [4.69, 9.17) is 20.4 Å². The van der Waals surface area contributed by atoms with Gasteiger partial charge in [0.2, 0.25) is 0 Å². The lowest BCUT2D eigenvalue weighted by molar-refractivity contribution is 0.0644. The number of hydrogen-bond acceptors (Lipinski definition) is 7. The molecule has 2 amide bonds. The van der Waals surface area contributed by atoms with E-state index in [1.807, 2.05) is 0 Å². The minimum absolute atomic E-state index is 0.000588. The fourth-order valence-electron chi connectivity index (χ4n) is 2.18. The number of hydrogen-bond donors (Lipinski definition) is 4. The van der Waals surface area contributed by atoms with Crippen molar-refractivity contribution < 1.29 is 30.0 Å². The first kappa shape index (κ1) is 20.0. The van der Waals surface area contributed by atoms with Crippen LogP contribution in [0.15, 0.2) is 18.3 Å². The van der Waals surface area contributed by atoms with Crippen LogP contribution in [0.1, 0.15) is 20.8 Å². The zero-order chi connectivity index (χ0) is 17.9. The predicted octanol–water partition coefficient (Wildman–Crippen LogP) is -2.06. The number of carbonyl (C=O) groups is 2. The Hall–Kier alpha value is -2.07. The number of aromatic nitrogens is 1. The van der Waals surface area contributed by atoms with Gasteiger partial charge in [-0.05, 0) is 12.1 Å². The Bertz CT molecular complexity index is 481. The number of aliphatic hydroxyl groups is 4. The van der Waals surface area contributed by atoms with Crippen LogP contribution in [-0.4, -0.2) is 99.6 Å². The third-order valence-corrected chi connectivity index (χ3v) is 3.29. The van der Waals surface area contributed by atoms with Crippen LogP contribution in [0, 0.1) is 0 Å². The molecule has 1 aromatic rings. The van der Waals surface area contributed by atoms with Gasteiger partial charge < -0.3 is 30.2 Å². The van der Waals surface area contributed by atoms with Gasteiger partial charge in [-0.3, -0.25) is 14.6 Å². The molecule has 134 valence electrons. The summed E-state index contributed by atoms with van der Waals surface area (Å²) in [4.78, 5) is 31.5. The van der Waals surface area contributed by atoms with Gasteiger partial charge in [-0.25, -0.2) is 0 Å². The van der Waals surface area contributed by atoms with E-state index in [1.54, 1.807) is 0 Å². The second kappa shape index (κ2) is 10.7. The molecule has 1 heterocycles. The molecule has 0 aliphatic heterocycles. The molecule has 4 N–H and O–H groups in total. The van der Waals surface area contributed by atoms with Crippen molar-refractivity contribution in [3.05, 3.63) is 29.6 Å². The number of amides is 2. The fourth-order valence-corrected chi connectivity index (χ4v) is 2.18. The Balaban J connectivity index is 3.13. The summed E-state index contributed by atoms with van der Waals surface area (Å²) in [6, 6.07) is 2.93. The van der Waals surface area contributed by atoms with Crippen LogP contribution in [0.4, 0.5) is 0 Å². The third kappa shape index (κ3) is 5.24. The SMILES string of the molecule is O=C(c1cccnc1C(=O)N(CCO)CCO)N(CCO)CCO. The maximum Gasteiger partial charge on any atom is 0.273 e. The zero-order valence-corrected chi connectivity index (χ0v) is 13.3. The number of pyridine rings is 1. The number of carbonyl (C=O) groups excluding carboxylic acids is 2. The van der Waals surface area contributed by atoms with Crippen molar-refractivity contribution >= 4 is 11.8 Å². The van der Waals surface area contributed by atoms with E-state index < -0.39 is 11.8 Å². The smallest absolute Gasteiger partial charge is 0.273 e. The lowest BCUT2D eigenvalue weighted by Gasteiger charge is -2.24. The summed E-state index contributed by atoms with van der Waals surface area (Å²) in [6.45, 7) is -1.11. The minimum atomic E-state index is -0.588. The maximum atomic E-state index is 12.6. The second-order valence-electron chi connectivity index (χ2n) is 4.88. The van der Waals surface area contributed by atoms with Crippen molar-refractivity contribution in [2.45, 2.75) is 0 Å². The maximum absolute atomic E-state index is 12.6. The molecule has 0 bridgehead atoms. The largest absolute Gasteiger partial charge is 0.395 e. The van der Waals surface area contributed by atoms with E-state index in [0.717, 1.165) is 0 Å². The van der Waals surface area contributed by atoms with Gasteiger partial charge in [-0.1, -0.05) is 0 Å². The van der Waals surface area contributed by atoms with Gasteiger partial charge in [0.15, 0.2) is 0 Å². The lowest BCUT2D eigenvalue weighted by atomic mass is 10.1. The molecular weight excluding hydrogens is 318 g/mol. The van der Waals surface area contributed by atoms with Gasteiger partial charge in [-0.15, -0.1) is 0 Å². The summed E-state index contributed by atoms with van der Waals surface area (Å²) in [6.07, 6.45) is 1.36. The number of aliphatic hydroxyl groups excluding tert-OH is 4. The molecule has 0 radical (unpaired) electrons. The van der Waals surface area contributed by atoms with Gasteiger partial charge in [0, 0.05) is 32.4 Å². The van der Waals surface area contributed by atoms with E-state index in [9.17, 15) is 9.59 Å². The summed E-state index contributed by atoms with van der Waals surface area (Å²) >= 11 is 0. The first-order valence-corrected chi connectivity index (χ1v) is 7.57. The zero-order valence-electron chi connectivity index (χ0n) is 13.3. The van der Waals surface area contributed by atoms with Gasteiger partial charge in [0.25, 0.3) is 11.8 Å². The minimum Gasteiger partial charge on any atom is -0.395 e. The highest BCUT2D eigenvalue weighted by molar-refractivity contribution is 6.05. The summed E-state index contributed by atoms with van der Waals surface area (Å²) in [7, 11) is 0. The second-order valence-corrected chi connectivity index (χ2v) is 4.88. The van der Waals surface area contributed by atoms with Crippen molar-refractivity contribution in [1.29, 1.82) is 0 Å².